The zero-order chi connectivity index (χ0) is 12.6. The van der Waals surface area contributed by atoms with E-state index in [1.165, 1.54) is 17.9 Å². The molecule has 96 valence electrons. The summed E-state index contributed by atoms with van der Waals surface area (Å²) in [4.78, 5) is 0. The number of nitrogens with one attached hydrogen (secondary N) is 1. The minimum Gasteiger partial charge on any atom is -0.369 e. The minimum atomic E-state index is 0.531. The van der Waals surface area contributed by atoms with Crippen molar-refractivity contribution < 1.29 is 0 Å². The number of halogens is 1. The Labute approximate surface area is 112 Å². The fraction of sp³-hybridized carbons (Fsp3) is 0.769. The first kappa shape index (κ1) is 12.9. The highest BCUT2D eigenvalue weighted by molar-refractivity contribution is 9.10. The quantitative estimate of drug-likeness (QED) is 0.918. The van der Waals surface area contributed by atoms with E-state index in [0.717, 1.165) is 17.4 Å². The molecule has 3 nitrogen and oxygen atoms in total. The monoisotopic (exact) mass is 299 g/mol. The van der Waals surface area contributed by atoms with Crippen LogP contribution in [-0.4, -0.2) is 16.3 Å². The Morgan fingerprint density at radius 3 is 2.71 bits per heavy atom. The van der Waals surface area contributed by atoms with Gasteiger partial charge in [0.05, 0.1) is 16.2 Å². The van der Waals surface area contributed by atoms with E-state index in [0.29, 0.717) is 17.9 Å². The van der Waals surface area contributed by atoms with Gasteiger partial charge in [-0.25, -0.2) is 4.68 Å². The van der Waals surface area contributed by atoms with E-state index in [1.807, 2.05) is 0 Å². The van der Waals surface area contributed by atoms with Crippen molar-refractivity contribution in [1.29, 1.82) is 0 Å². The van der Waals surface area contributed by atoms with Crippen LogP contribution >= 0.6 is 15.9 Å². The summed E-state index contributed by atoms with van der Waals surface area (Å²) in [6.07, 6.45) is 2.20. The summed E-state index contributed by atoms with van der Waals surface area (Å²) in [6, 6.07) is 0.531. The van der Waals surface area contributed by atoms with Crippen LogP contribution in [0.2, 0.25) is 0 Å². The molecule has 1 aromatic heterocycles. The van der Waals surface area contributed by atoms with Crippen LogP contribution in [0.1, 0.15) is 45.9 Å². The molecule has 1 aliphatic rings. The molecule has 1 aromatic rings. The summed E-state index contributed by atoms with van der Waals surface area (Å²) in [5.74, 6) is 2.45. The van der Waals surface area contributed by atoms with Gasteiger partial charge in [-0.2, -0.15) is 5.10 Å². The summed E-state index contributed by atoms with van der Waals surface area (Å²) in [7, 11) is 0. The molecule has 0 aliphatic carbocycles. The first-order chi connectivity index (χ1) is 8.00. The van der Waals surface area contributed by atoms with Gasteiger partial charge in [0, 0.05) is 6.54 Å². The van der Waals surface area contributed by atoms with Crippen molar-refractivity contribution in [2.24, 2.45) is 11.8 Å². The third-order valence-corrected chi connectivity index (χ3v) is 4.17. The molecule has 2 rings (SSSR count). The van der Waals surface area contributed by atoms with Crippen LogP contribution in [0.15, 0.2) is 4.47 Å². The van der Waals surface area contributed by atoms with Gasteiger partial charge in [-0.05, 0) is 40.6 Å². The lowest BCUT2D eigenvalue weighted by atomic mass is 10.00. The summed E-state index contributed by atoms with van der Waals surface area (Å²) in [5, 5.41) is 8.26. The van der Waals surface area contributed by atoms with Crippen LogP contribution in [0.25, 0.3) is 0 Å². The largest absolute Gasteiger partial charge is 0.369 e. The van der Waals surface area contributed by atoms with Crippen LogP contribution in [0.3, 0.4) is 0 Å². The summed E-state index contributed by atoms with van der Waals surface area (Å²) >= 11 is 3.70. The van der Waals surface area contributed by atoms with Crippen molar-refractivity contribution in [3.63, 3.8) is 0 Å². The Morgan fingerprint density at radius 2 is 2.12 bits per heavy atom. The van der Waals surface area contributed by atoms with Crippen molar-refractivity contribution >= 4 is 21.7 Å². The van der Waals surface area contributed by atoms with Gasteiger partial charge in [-0.15, -0.1) is 0 Å². The predicted molar refractivity (Wildman–Crippen MR) is 75.5 cm³/mol. The fourth-order valence-electron chi connectivity index (χ4n) is 2.45. The van der Waals surface area contributed by atoms with Crippen LogP contribution < -0.4 is 5.32 Å². The van der Waals surface area contributed by atoms with Gasteiger partial charge in [-0.1, -0.05) is 27.7 Å². The first-order valence-corrected chi connectivity index (χ1v) is 7.30. The Kier molecular flexibility index (Phi) is 3.81. The molecule has 4 heteroatoms. The Morgan fingerprint density at radius 1 is 1.41 bits per heavy atom. The smallest absolute Gasteiger partial charge is 0.139 e. The van der Waals surface area contributed by atoms with E-state index in [1.54, 1.807) is 0 Å². The summed E-state index contributed by atoms with van der Waals surface area (Å²) < 4.78 is 3.35. The van der Waals surface area contributed by atoms with Crippen LogP contribution in [0.4, 0.5) is 5.82 Å². The predicted octanol–water partition coefficient (Wildman–Crippen LogP) is 3.86. The number of anilines is 1. The highest BCUT2D eigenvalue weighted by Gasteiger charge is 2.27. The van der Waals surface area contributed by atoms with Crippen molar-refractivity contribution in [2.45, 2.75) is 46.6 Å². The third-order valence-electron chi connectivity index (χ3n) is 3.34. The Balaban J connectivity index is 2.35. The number of aromatic nitrogens is 2. The Hall–Kier alpha value is -0.510. The molecule has 1 atom stereocenters. The van der Waals surface area contributed by atoms with Gasteiger partial charge in [0.15, 0.2) is 0 Å². The van der Waals surface area contributed by atoms with Crippen LogP contribution in [0, 0.1) is 11.8 Å². The lowest BCUT2D eigenvalue weighted by Gasteiger charge is -2.28. The number of nitrogens with zero attached hydrogens (tertiary/aromatic N) is 2. The lowest BCUT2D eigenvalue weighted by molar-refractivity contribution is 0.321. The standard InChI is InChI=1S/C13H22BrN3/c1-8(2)7-10-12(14)13-15-6-5-11(9(3)4)17(13)16-10/h8-9,11,15H,5-7H2,1-4H3. The molecule has 2 heterocycles. The molecule has 0 aromatic carbocycles. The zero-order valence-corrected chi connectivity index (χ0v) is 12.7. The molecule has 1 unspecified atom stereocenters. The molecule has 0 radical (unpaired) electrons. The molecule has 0 bridgehead atoms. The van der Waals surface area contributed by atoms with Crippen LogP contribution in [0.5, 0.6) is 0 Å². The number of fused-ring (bicyclic) bond motifs is 1. The average molecular weight is 300 g/mol. The minimum absolute atomic E-state index is 0.531. The van der Waals surface area contributed by atoms with E-state index in [9.17, 15) is 0 Å². The normalized spacial score (nSPS) is 19.6. The van der Waals surface area contributed by atoms with Gasteiger partial charge in [-0.3, -0.25) is 0 Å². The van der Waals surface area contributed by atoms with Crippen molar-refractivity contribution in [1.82, 2.24) is 9.78 Å². The highest BCUT2D eigenvalue weighted by Crippen LogP contribution is 2.36. The highest BCUT2D eigenvalue weighted by atomic mass is 79.9. The van der Waals surface area contributed by atoms with Gasteiger partial charge in [0.2, 0.25) is 0 Å². The maximum atomic E-state index is 4.80. The first-order valence-electron chi connectivity index (χ1n) is 6.51. The van der Waals surface area contributed by atoms with E-state index in [4.69, 9.17) is 5.10 Å². The molecule has 0 fully saturated rings. The van der Waals surface area contributed by atoms with E-state index < -0.39 is 0 Å². The SMILES string of the molecule is CC(C)Cc1nn2c(c1Br)NCCC2C(C)C. The van der Waals surface area contributed by atoms with E-state index in [2.05, 4.69) is 53.6 Å². The molecule has 17 heavy (non-hydrogen) atoms. The number of hydrogen-bond donors (Lipinski definition) is 1. The molecular weight excluding hydrogens is 278 g/mol. The van der Waals surface area contributed by atoms with Crippen molar-refractivity contribution in [3.05, 3.63) is 10.2 Å². The lowest BCUT2D eigenvalue weighted by Crippen LogP contribution is -2.27. The second-order valence-electron chi connectivity index (χ2n) is 5.68. The van der Waals surface area contributed by atoms with E-state index >= 15 is 0 Å². The second kappa shape index (κ2) is 5.01. The third kappa shape index (κ3) is 2.51. The summed E-state index contributed by atoms with van der Waals surface area (Å²) in [5.41, 5.74) is 1.19. The zero-order valence-electron chi connectivity index (χ0n) is 11.1. The maximum Gasteiger partial charge on any atom is 0.139 e. The fourth-order valence-corrected chi connectivity index (χ4v) is 3.02. The molecule has 1 aliphatic heterocycles. The Bertz CT molecular complexity index is 396. The number of rotatable bonds is 3. The van der Waals surface area contributed by atoms with Gasteiger partial charge in [0.25, 0.3) is 0 Å². The van der Waals surface area contributed by atoms with Crippen molar-refractivity contribution in [2.75, 3.05) is 11.9 Å². The van der Waals surface area contributed by atoms with Gasteiger partial charge < -0.3 is 5.32 Å². The average Bonchev–Trinajstić information content (AvgIpc) is 2.55. The van der Waals surface area contributed by atoms with Crippen LogP contribution in [-0.2, 0) is 6.42 Å². The van der Waals surface area contributed by atoms with Gasteiger partial charge >= 0.3 is 0 Å². The van der Waals surface area contributed by atoms with E-state index in [-0.39, 0.29) is 0 Å². The number of hydrogen-bond acceptors (Lipinski definition) is 2. The molecule has 0 amide bonds. The molecular formula is C13H22BrN3. The molecule has 0 saturated carbocycles. The second-order valence-corrected chi connectivity index (χ2v) is 6.47. The van der Waals surface area contributed by atoms with Gasteiger partial charge in [0.1, 0.15) is 5.82 Å². The molecule has 1 N–H and O–H groups in total. The summed E-state index contributed by atoms with van der Waals surface area (Å²) in [6.45, 7) is 10.1. The topological polar surface area (TPSA) is 29.9 Å². The molecule has 0 spiro atoms. The maximum absolute atomic E-state index is 4.80. The van der Waals surface area contributed by atoms with Crippen molar-refractivity contribution in [3.8, 4) is 0 Å². The molecule has 0 saturated heterocycles.